The van der Waals surface area contributed by atoms with E-state index in [9.17, 15) is 19.5 Å². The van der Waals surface area contributed by atoms with Crippen molar-refractivity contribution in [1.29, 1.82) is 0 Å². The van der Waals surface area contributed by atoms with Crippen LogP contribution in [0.2, 0.25) is 0 Å². The van der Waals surface area contributed by atoms with E-state index in [1.54, 1.807) is 17.7 Å². The van der Waals surface area contributed by atoms with E-state index in [0.717, 1.165) is 5.56 Å². The number of aromatic amines is 1. The number of nitrogens with zero attached hydrogens (tertiary/aromatic N) is 4. The lowest BCUT2D eigenvalue weighted by molar-refractivity contribution is -0.140. The van der Waals surface area contributed by atoms with Crippen molar-refractivity contribution in [2.24, 2.45) is 7.05 Å². The summed E-state index contributed by atoms with van der Waals surface area (Å²) in [6.07, 6.45) is 1.92. The summed E-state index contributed by atoms with van der Waals surface area (Å²) in [6, 6.07) is 8.40. The van der Waals surface area contributed by atoms with Crippen LogP contribution in [0, 0.1) is 6.92 Å². The molecule has 0 fully saturated rings. The normalized spacial score (nSPS) is 12.7. The van der Waals surface area contributed by atoms with Crippen LogP contribution in [0.4, 0.5) is 0 Å². The summed E-state index contributed by atoms with van der Waals surface area (Å²) in [5.74, 6) is -0.701. The Kier molecular flexibility index (Phi) is 3.72. The highest BCUT2D eigenvalue weighted by Crippen LogP contribution is 2.23. The number of carboxylic acids is 1. The van der Waals surface area contributed by atoms with E-state index < -0.39 is 23.3 Å². The second-order valence-electron chi connectivity index (χ2n) is 6.46. The molecule has 1 unspecified atom stereocenters. The first-order valence-electron chi connectivity index (χ1n) is 8.34. The topological polar surface area (TPSA) is 114 Å². The number of carbonyl (C=O) groups is 1. The maximum absolute atomic E-state index is 12.3. The fourth-order valence-corrected chi connectivity index (χ4v) is 3.40. The Morgan fingerprint density at radius 2 is 1.96 bits per heavy atom. The molecule has 0 aliphatic carbocycles. The predicted octanol–water partition coefficient (Wildman–Crippen LogP) is 0.853. The Bertz CT molecular complexity index is 1290. The molecule has 0 radical (unpaired) electrons. The summed E-state index contributed by atoms with van der Waals surface area (Å²) < 4.78 is 4.35. The van der Waals surface area contributed by atoms with Gasteiger partial charge in [0.05, 0.1) is 0 Å². The van der Waals surface area contributed by atoms with E-state index in [-0.39, 0.29) is 17.6 Å². The molecule has 0 bridgehead atoms. The fraction of sp³-hybridized carbons (Fsp3) is 0.222. The molecule has 9 heteroatoms. The molecule has 138 valence electrons. The van der Waals surface area contributed by atoms with Crippen molar-refractivity contribution in [2.45, 2.75) is 19.4 Å². The molecule has 2 N–H and O–H groups in total. The summed E-state index contributed by atoms with van der Waals surface area (Å²) in [6.45, 7) is 1.76. The average molecular weight is 367 g/mol. The lowest BCUT2D eigenvalue weighted by Gasteiger charge is -2.16. The first-order valence-corrected chi connectivity index (χ1v) is 8.34. The largest absolute Gasteiger partial charge is 0.480 e. The van der Waals surface area contributed by atoms with Gasteiger partial charge in [-0.25, -0.2) is 9.59 Å². The third-order valence-corrected chi connectivity index (χ3v) is 4.71. The van der Waals surface area contributed by atoms with Crippen molar-refractivity contribution in [3.05, 3.63) is 68.6 Å². The number of H-pyrrole nitrogens is 1. The lowest BCUT2D eigenvalue weighted by Crippen LogP contribution is -2.28. The van der Waals surface area contributed by atoms with Crippen LogP contribution >= 0.6 is 0 Å². The zero-order valence-corrected chi connectivity index (χ0v) is 14.7. The van der Waals surface area contributed by atoms with Gasteiger partial charge in [0.25, 0.3) is 5.56 Å². The van der Waals surface area contributed by atoms with E-state index in [1.807, 2.05) is 30.3 Å². The standard InChI is InChI=1S/C18H17N5O4/c1-10-9-22-13-14(21(2)18(27)20-15(13)24)19-17(22)23(10)12(16(25)26)8-11-6-4-3-5-7-11/h3-7,9,12H,8H2,1-2H3,(H,25,26)(H,20,24,27). The molecular formula is C18H17N5O4. The molecule has 0 spiro atoms. The molecule has 4 rings (SSSR count). The van der Waals surface area contributed by atoms with Gasteiger partial charge in [-0.3, -0.25) is 23.3 Å². The van der Waals surface area contributed by atoms with Crippen molar-refractivity contribution < 1.29 is 9.90 Å². The van der Waals surface area contributed by atoms with Gasteiger partial charge in [0.1, 0.15) is 6.04 Å². The predicted molar refractivity (Wildman–Crippen MR) is 98.1 cm³/mol. The van der Waals surface area contributed by atoms with Crippen LogP contribution in [-0.4, -0.2) is 34.6 Å². The van der Waals surface area contributed by atoms with Gasteiger partial charge in [0, 0.05) is 25.4 Å². The summed E-state index contributed by atoms with van der Waals surface area (Å²) >= 11 is 0. The molecule has 1 atom stereocenters. The molecular weight excluding hydrogens is 350 g/mol. The van der Waals surface area contributed by atoms with E-state index in [4.69, 9.17) is 0 Å². The molecule has 0 aliphatic heterocycles. The van der Waals surface area contributed by atoms with Crippen LogP contribution in [0.15, 0.2) is 46.1 Å². The van der Waals surface area contributed by atoms with Crippen molar-refractivity contribution in [3.63, 3.8) is 0 Å². The second-order valence-corrected chi connectivity index (χ2v) is 6.46. The van der Waals surface area contributed by atoms with Gasteiger partial charge in [-0.15, -0.1) is 0 Å². The number of carboxylic acid groups (broad SMARTS) is 1. The maximum atomic E-state index is 12.3. The highest BCUT2D eigenvalue weighted by atomic mass is 16.4. The van der Waals surface area contributed by atoms with Crippen molar-refractivity contribution in [1.82, 2.24) is 23.5 Å². The van der Waals surface area contributed by atoms with Crippen LogP contribution in [0.5, 0.6) is 0 Å². The van der Waals surface area contributed by atoms with Crippen LogP contribution < -0.4 is 11.2 Å². The first-order chi connectivity index (χ1) is 12.9. The molecule has 0 aliphatic rings. The number of rotatable bonds is 4. The number of nitrogens with one attached hydrogen (secondary N) is 1. The van der Waals surface area contributed by atoms with Crippen LogP contribution in [0.1, 0.15) is 17.3 Å². The van der Waals surface area contributed by atoms with Gasteiger partial charge in [0.15, 0.2) is 11.2 Å². The Morgan fingerprint density at radius 1 is 1.26 bits per heavy atom. The molecule has 1 aromatic carbocycles. The number of hydrogen-bond donors (Lipinski definition) is 2. The lowest BCUT2D eigenvalue weighted by atomic mass is 10.1. The van der Waals surface area contributed by atoms with E-state index in [2.05, 4.69) is 9.97 Å². The van der Waals surface area contributed by atoms with Crippen molar-refractivity contribution in [2.75, 3.05) is 0 Å². The number of hydrogen-bond acceptors (Lipinski definition) is 4. The number of fused-ring (bicyclic) bond motifs is 3. The number of benzene rings is 1. The molecule has 3 heterocycles. The maximum Gasteiger partial charge on any atom is 0.329 e. The highest BCUT2D eigenvalue weighted by molar-refractivity contribution is 5.78. The summed E-state index contributed by atoms with van der Waals surface area (Å²) in [7, 11) is 1.50. The highest BCUT2D eigenvalue weighted by Gasteiger charge is 2.26. The number of aromatic nitrogens is 5. The van der Waals surface area contributed by atoms with Crippen LogP contribution in [0.3, 0.4) is 0 Å². The summed E-state index contributed by atoms with van der Waals surface area (Å²) in [4.78, 5) is 42.8. The Labute approximate surface area is 152 Å². The number of aliphatic carboxylic acids is 1. The SMILES string of the molecule is Cc1cn2c3c(=O)[nH]c(=O)n(C)c3nc2n1C(Cc1ccccc1)C(=O)O. The second kappa shape index (κ2) is 5.97. The summed E-state index contributed by atoms with van der Waals surface area (Å²) in [5, 5.41) is 9.84. The molecule has 0 saturated carbocycles. The zero-order chi connectivity index (χ0) is 19.3. The van der Waals surface area contributed by atoms with Gasteiger partial charge >= 0.3 is 11.7 Å². The number of aryl methyl sites for hydroxylation is 2. The Hall–Kier alpha value is -3.62. The third kappa shape index (κ3) is 2.55. The summed E-state index contributed by atoms with van der Waals surface area (Å²) in [5.41, 5.74) is 0.797. The van der Waals surface area contributed by atoms with Gasteiger partial charge in [-0.2, -0.15) is 4.98 Å². The van der Waals surface area contributed by atoms with Crippen LogP contribution in [0.25, 0.3) is 16.9 Å². The zero-order valence-electron chi connectivity index (χ0n) is 14.7. The van der Waals surface area contributed by atoms with Gasteiger partial charge in [0.2, 0.25) is 5.78 Å². The molecule has 0 saturated heterocycles. The third-order valence-electron chi connectivity index (χ3n) is 4.71. The van der Waals surface area contributed by atoms with Gasteiger partial charge in [-0.1, -0.05) is 30.3 Å². The minimum Gasteiger partial charge on any atom is -0.480 e. The van der Waals surface area contributed by atoms with Crippen molar-refractivity contribution >= 4 is 22.9 Å². The van der Waals surface area contributed by atoms with E-state index >= 15 is 0 Å². The van der Waals surface area contributed by atoms with Crippen LogP contribution in [-0.2, 0) is 18.3 Å². The minimum absolute atomic E-state index is 0.205. The molecule has 27 heavy (non-hydrogen) atoms. The van der Waals surface area contributed by atoms with E-state index in [1.165, 1.54) is 16.0 Å². The molecule has 0 amide bonds. The van der Waals surface area contributed by atoms with Gasteiger partial charge in [-0.05, 0) is 12.5 Å². The molecule has 3 aromatic heterocycles. The fourth-order valence-electron chi connectivity index (χ4n) is 3.40. The smallest absolute Gasteiger partial charge is 0.329 e. The average Bonchev–Trinajstić information content (AvgIpc) is 3.13. The van der Waals surface area contributed by atoms with Gasteiger partial charge < -0.3 is 5.11 Å². The first kappa shape index (κ1) is 16.8. The van der Waals surface area contributed by atoms with E-state index in [0.29, 0.717) is 11.5 Å². The Balaban J connectivity index is 1.99. The Morgan fingerprint density at radius 3 is 2.63 bits per heavy atom. The minimum atomic E-state index is -1.00. The quantitative estimate of drug-likeness (QED) is 0.555. The monoisotopic (exact) mass is 367 g/mol. The molecule has 4 aromatic rings. The van der Waals surface area contributed by atoms with Crippen molar-refractivity contribution in [3.8, 4) is 0 Å². The molecule has 9 nitrogen and oxygen atoms in total. The number of imidazole rings is 2.